The van der Waals surface area contributed by atoms with Gasteiger partial charge in [-0.3, -0.25) is 4.57 Å². The first-order valence-corrected chi connectivity index (χ1v) is 9.93. The van der Waals surface area contributed by atoms with Crippen LogP contribution in [0, 0.1) is 0 Å². The zero-order valence-corrected chi connectivity index (χ0v) is 14.4. The first-order chi connectivity index (χ1) is 9.26. The molecule has 0 N–H and O–H groups in total. The Morgan fingerprint density at radius 1 is 1.15 bits per heavy atom. The number of nitrogens with zero attached hydrogens (tertiary/aromatic N) is 1. The summed E-state index contributed by atoms with van der Waals surface area (Å²) in [4.78, 5) is 0. The lowest BCUT2D eigenvalue weighted by Gasteiger charge is -2.36. The van der Waals surface area contributed by atoms with Gasteiger partial charge in [-0.2, -0.15) is 0 Å². The Balaban J connectivity index is 2.30. The quantitative estimate of drug-likeness (QED) is 0.767. The van der Waals surface area contributed by atoms with Crippen molar-refractivity contribution in [3.05, 3.63) is 30.3 Å². The van der Waals surface area contributed by atoms with Crippen molar-refractivity contribution in [3.8, 4) is 5.88 Å². The van der Waals surface area contributed by atoms with Crippen molar-refractivity contribution in [3.63, 3.8) is 0 Å². The van der Waals surface area contributed by atoms with Crippen LogP contribution in [-0.2, 0) is 11.2 Å². The van der Waals surface area contributed by atoms with Crippen LogP contribution in [0.15, 0.2) is 30.3 Å². The molecule has 2 rings (SSSR count). The molecule has 1 heterocycles. The van der Waals surface area contributed by atoms with E-state index in [1.807, 2.05) is 12.1 Å². The number of ether oxygens (including phenoxy) is 1. The maximum Gasteiger partial charge on any atom is 0.196 e. The first kappa shape index (κ1) is 15.1. The van der Waals surface area contributed by atoms with E-state index in [1.54, 1.807) is 7.11 Å². The van der Waals surface area contributed by atoms with Gasteiger partial charge in [0.25, 0.3) is 0 Å². The minimum absolute atomic E-state index is 0.211. The summed E-state index contributed by atoms with van der Waals surface area (Å²) in [5.41, 5.74) is 1.16. The largest absolute Gasteiger partial charge is 0.482 e. The van der Waals surface area contributed by atoms with Crippen molar-refractivity contribution >= 4 is 19.2 Å². The van der Waals surface area contributed by atoms with E-state index in [9.17, 15) is 0 Å². The van der Waals surface area contributed by atoms with E-state index in [0.29, 0.717) is 6.73 Å². The van der Waals surface area contributed by atoms with Gasteiger partial charge in [0.2, 0.25) is 0 Å². The molecule has 0 saturated carbocycles. The fourth-order valence-electron chi connectivity index (χ4n) is 1.93. The van der Waals surface area contributed by atoms with Crippen molar-refractivity contribution in [2.45, 2.75) is 45.6 Å². The van der Waals surface area contributed by atoms with Gasteiger partial charge in [-0.15, -0.1) is 0 Å². The van der Waals surface area contributed by atoms with E-state index in [1.165, 1.54) is 5.39 Å². The van der Waals surface area contributed by atoms with Gasteiger partial charge in [0.05, 0.1) is 12.6 Å². The molecular formula is C16H25NO2Si. The normalized spacial score (nSPS) is 12.9. The molecule has 0 unspecified atom stereocenters. The molecule has 0 saturated heterocycles. The van der Waals surface area contributed by atoms with Gasteiger partial charge in [-0.25, -0.2) is 0 Å². The van der Waals surface area contributed by atoms with Crippen molar-refractivity contribution in [1.29, 1.82) is 0 Å². The van der Waals surface area contributed by atoms with Gasteiger partial charge in [-0.1, -0.05) is 39.0 Å². The summed E-state index contributed by atoms with van der Waals surface area (Å²) >= 11 is 0. The molecule has 1 aromatic carbocycles. The monoisotopic (exact) mass is 291 g/mol. The molecule has 1 aromatic heterocycles. The van der Waals surface area contributed by atoms with Gasteiger partial charge in [0.1, 0.15) is 6.73 Å². The highest BCUT2D eigenvalue weighted by Gasteiger charge is 2.37. The van der Waals surface area contributed by atoms with E-state index in [-0.39, 0.29) is 5.04 Å². The topological polar surface area (TPSA) is 23.4 Å². The minimum Gasteiger partial charge on any atom is -0.482 e. The van der Waals surface area contributed by atoms with E-state index in [4.69, 9.17) is 9.16 Å². The highest BCUT2D eigenvalue weighted by atomic mass is 28.4. The molecule has 0 aliphatic rings. The maximum atomic E-state index is 6.31. The Morgan fingerprint density at radius 2 is 1.80 bits per heavy atom. The van der Waals surface area contributed by atoms with Crippen LogP contribution in [-0.4, -0.2) is 20.0 Å². The van der Waals surface area contributed by atoms with Crippen LogP contribution in [0.2, 0.25) is 18.1 Å². The highest BCUT2D eigenvalue weighted by molar-refractivity contribution is 6.74. The standard InChI is InChI=1S/C16H25NO2Si/c1-16(2,3)20(5,6)19-12-17-14-10-8-7-9-13(14)11-15(17)18-4/h7-11H,12H2,1-6H3. The number of rotatable bonds is 4. The molecule has 0 atom stereocenters. The van der Waals surface area contributed by atoms with Gasteiger partial charge >= 0.3 is 0 Å². The Kier molecular flexibility index (Phi) is 3.98. The number of hydrogen-bond donors (Lipinski definition) is 0. The zero-order valence-electron chi connectivity index (χ0n) is 13.4. The second-order valence-corrected chi connectivity index (χ2v) is 11.5. The minimum atomic E-state index is -1.76. The summed E-state index contributed by atoms with van der Waals surface area (Å²) in [5.74, 6) is 0.852. The molecule has 2 aromatic rings. The number of fused-ring (bicyclic) bond motifs is 1. The predicted molar refractivity (Wildman–Crippen MR) is 86.8 cm³/mol. The summed E-state index contributed by atoms with van der Waals surface area (Å²) in [7, 11) is -0.0551. The molecule has 20 heavy (non-hydrogen) atoms. The fraction of sp³-hybridized carbons (Fsp3) is 0.500. The molecular weight excluding hydrogens is 266 g/mol. The van der Waals surface area contributed by atoms with Gasteiger partial charge in [-0.05, 0) is 24.2 Å². The van der Waals surface area contributed by atoms with E-state index in [0.717, 1.165) is 11.4 Å². The summed E-state index contributed by atoms with van der Waals surface area (Å²) in [6.45, 7) is 11.8. The van der Waals surface area contributed by atoms with Crippen LogP contribution < -0.4 is 4.74 Å². The lowest BCUT2D eigenvalue weighted by atomic mass is 10.2. The molecule has 0 spiro atoms. The van der Waals surface area contributed by atoms with Crippen LogP contribution in [0.4, 0.5) is 0 Å². The average Bonchev–Trinajstić information content (AvgIpc) is 2.73. The average molecular weight is 291 g/mol. The van der Waals surface area contributed by atoms with Crippen molar-refractivity contribution in [2.24, 2.45) is 0 Å². The number of hydrogen-bond acceptors (Lipinski definition) is 2. The summed E-state index contributed by atoms with van der Waals surface area (Å²) in [5, 5.41) is 1.40. The smallest absolute Gasteiger partial charge is 0.196 e. The number of aromatic nitrogens is 1. The SMILES string of the molecule is COc1cc2ccccc2n1CO[Si](C)(C)C(C)(C)C. The third kappa shape index (κ3) is 2.76. The Labute approximate surface area is 122 Å². The summed E-state index contributed by atoms with van der Waals surface area (Å²) < 4.78 is 13.9. The molecule has 4 heteroatoms. The highest BCUT2D eigenvalue weighted by Crippen LogP contribution is 2.37. The third-order valence-corrected chi connectivity index (χ3v) is 8.81. The number of methoxy groups -OCH3 is 1. The van der Waals surface area contributed by atoms with Crippen molar-refractivity contribution in [1.82, 2.24) is 4.57 Å². The molecule has 3 nitrogen and oxygen atoms in total. The molecule has 0 aliphatic carbocycles. The Hall–Kier alpha value is -1.26. The first-order valence-electron chi connectivity index (χ1n) is 7.02. The lowest BCUT2D eigenvalue weighted by molar-refractivity contribution is 0.203. The zero-order chi connectivity index (χ0) is 15.0. The van der Waals surface area contributed by atoms with Crippen LogP contribution in [0.5, 0.6) is 5.88 Å². The van der Waals surface area contributed by atoms with Crippen LogP contribution in [0.1, 0.15) is 20.8 Å². The fourth-order valence-corrected chi connectivity index (χ4v) is 2.81. The molecule has 0 bridgehead atoms. The Morgan fingerprint density at radius 3 is 2.40 bits per heavy atom. The summed E-state index contributed by atoms with van der Waals surface area (Å²) in [6, 6.07) is 10.4. The lowest BCUT2D eigenvalue weighted by Crippen LogP contribution is -2.41. The van der Waals surface area contributed by atoms with E-state index < -0.39 is 8.32 Å². The number of benzene rings is 1. The molecule has 0 amide bonds. The summed E-state index contributed by atoms with van der Waals surface area (Å²) in [6.07, 6.45) is 0. The van der Waals surface area contributed by atoms with Crippen molar-refractivity contribution < 1.29 is 9.16 Å². The maximum absolute atomic E-state index is 6.31. The Bertz CT molecular complexity index is 596. The molecule has 0 fully saturated rings. The third-order valence-electron chi connectivity index (χ3n) is 4.34. The van der Waals surface area contributed by atoms with Gasteiger partial charge in [0, 0.05) is 11.5 Å². The predicted octanol–water partition coefficient (Wildman–Crippen LogP) is 4.63. The number of para-hydroxylation sites is 1. The van der Waals surface area contributed by atoms with Gasteiger partial charge in [0.15, 0.2) is 14.2 Å². The van der Waals surface area contributed by atoms with E-state index in [2.05, 4.69) is 56.6 Å². The van der Waals surface area contributed by atoms with Gasteiger partial charge < -0.3 is 9.16 Å². The van der Waals surface area contributed by atoms with Crippen LogP contribution >= 0.6 is 0 Å². The van der Waals surface area contributed by atoms with Crippen LogP contribution in [0.25, 0.3) is 10.9 Å². The second-order valence-electron chi connectivity index (χ2n) is 6.71. The molecule has 110 valence electrons. The van der Waals surface area contributed by atoms with E-state index >= 15 is 0 Å². The second kappa shape index (κ2) is 5.26. The van der Waals surface area contributed by atoms with Crippen LogP contribution in [0.3, 0.4) is 0 Å². The molecule has 0 aliphatic heterocycles. The van der Waals surface area contributed by atoms with Crippen molar-refractivity contribution in [2.75, 3.05) is 7.11 Å². The molecule has 0 radical (unpaired) electrons.